The maximum Gasteiger partial charge on any atom is 0.221 e. The summed E-state index contributed by atoms with van der Waals surface area (Å²) in [4.78, 5) is 0. The predicted octanol–water partition coefficient (Wildman–Crippen LogP) is 6.66. The van der Waals surface area contributed by atoms with Crippen molar-refractivity contribution in [3.05, 3.63) is 53.2 Å². The maximum absolute atomic E-state index is 2.91. The summed E-state index contributed by atoms with van der Waals surface area (Å²) in [6.07, 6.45) is 3.65. The molecule has 0 spiro atoms. The van der Waals surface area contributed by atoms with E-state index in [1.54, 1.807) is 16.8 Å². The van der Waals surface area contributed by atoms with Crippen LogP contribution in [0.15, 0.2) is 36.4 Å². The average Bonchev–Trinajstić information content (AvgIpc) is 3.18. The Bertz CT molecular complexity index is 1230. The zero-order valence-corrected chi connectivity index (χ0v) is 19.1. The monoisotopic (exact) mass is 384 g/mol. The van der Waals surface area contributed by atoms with E-state index in [2.05, 4.69) is 89.4 Å². The van der Waals surface area contributed by atoms with Crippen LogP contribution < -0.4 is 4.57 Å². The molecule has 1 aliphatic heterocycles. The fourth-order valence-electron chi connectivity index (χ4n) is 8.67. The molecule has 1 aromatic heterocycles. The molecule has 3 atom stereocenters. The smallest absolute Gasteiger partial charge is 0.188 e. The van der Waals surface area contributed by atoms with Crippen LogP contribution in [0.3, 0.4) is 0 Å². The number of hydrogen-bond acceptors (Lipinski definition) is 0. The Morgan fingerprint density at radius 3 is 2.31 bits per heavy atom. The lowest BCUT2D eigenvalue weighted by molar-refractivity contribution is -0.732. The van der Waals surface area contributed by atoms with Crippen molar-refractivity contribution in [3.63, 3.8) is 0 Å². The third kappa shape index (κ3) is 1.64. The lowest BCUT2D eigenvalue weighted by Crippen LogP contribution is -2.58. The molecule has 1 nitrogen and oxygen atoms in total. The first-order valence-electron chi connectivity index (χ1n) is 11.6. The van der Waals surface area contributed by atoms with Gasteiger partial charge in [-0.1, -0.05) is 58.9 Å². The quantitative estimate of drug-likeness (QED) is 0.344. The number of nitrogens with zero attached hydrogens (tertiary/aromatic N) is 1. The molecule has 1 saturated carbocycles. The Hall–Kier alpha value is -1.89. The fraction of sp³-hybridized carbons (Fsp3) is 0.536. The molecular weight excluding hydrogens is 350 g/mol. The second kappa shape index (κ2) is 4.88. The standard InChI is InChI=1S/C28H34N/c1-8-27-17(3)28(27,9-2)29-23-19(14-13-18-11-10-12-20(27)22(18)23)15-21-24(29)26(6,7)16-25(21,4)5/h10-15,17H,8-9,16H2,1-7H3/q+1. The molecule has 3 aliphatic rings. The molecule has 29 heavy (non-hydrogen) atoms. The molecule has 0 radical (unpaired) electrons. The molecule has 0 amide bonds. The maximum atomic E-state index is 2.91. The summed E-state index contributed by atoms with van der Waals surface area (Å²) in [5.41, 5.74) is 7.25. The minimum atomic E-state index is 0.200. The van der Waals surface area contributed by atoms with Crippen molar-refractivity contribution in [3.8, 4) is 0 Å². The van der Waals surface area contributed by atoms with Crippen molar-refractivity contribution in [1.29, 1.82) is 0 Å². The van der Waals surface area contributed by atoms with Gasteiger partial charge in [0.15, 0.2) is 11.2 Å². The highest BCUT2D eigenvalue weighted by Gasteiger charge is 2.83. The Morgan fingerprint density at radius 2 is 1.62 bits per heavy atom. The van der Waals surface area contributed by atoms with Gasteiger partial charge in [-0.25, -0.2) is 0 Å². The van der Waals surface area contributed by atoms with E-state index in [0.29, 0.717) is 5.92 Å². The van der Waals surface area contributed by atoms with E-state index in [0.717, 1.165) is 0 Å². The molecule has 1 fully saturated rings. The number of benzene rings is 2. The van der Waals surface area contributed by atoms with E-state index < -0.39 is 0 Å². The summed E-state index contributed by atoms with van der Waals surface area (Å²) < 4.78 is 2.91. The van der Waals surface area contributed by atoms with Crippen LogP contribution in [0.1, 0.15) is 84.5 Å². The molecule has 6 rings (SSSR count). The molecule has 0 bridgehead atoms. The Labute approximate surface area is 175 Å². The SMILES string of the molecule is CCC12c3cccc4ccc5cc6c([n+](c5c34)C1(CC)C2C)C(C)(C)CC6(C)C. The van der Waals surface area contributed by atoms with Crippen molar-refractivity contribution < 1.29 is 4.57 Å². The summed E-state index contributed by atoms with van der Waals surface area (Å²) in [6.45, 7) is 17.3. The van der Waals surface area contributed by atoms with Crippen LogP contribution in [0.4, 0.5) is 0 Å². The van der Waals surface area contributed by atoms with Gasteiger partial charge in [-0.15, -0.1) is 0 Å². The predicted molar refractivity (Wildman–Crippen MR) is 122 cm³/mol. The van der Waals surface area contributed by atoms with Crippen LogP contribution in [0.25, 0.3) is 21.7 Å². The van der Waals surface area contributed by atoms with Crippen LogP contribution in [-0.2, 0) is 21.8 Å². The van der Waals surface area contributed by atoms with E-state index >= 15 is 0 Å². The Balaban J connectivity index is 1.94. The first kappa shape index (κ1) is 17.9. The van der Waals surface area contributed by atoms with E-state index in [1.807, 2.05) is 0 Å². The first-order valence-corrected chi connectivity index (χ1v) is 11.6. The molecule has 0 N–H and O–H groups in total. The van der Waals surface area contributed by atoms with Gasteiger partial charge in [-0.2, -0.15) is 4.57 Å². The average molecular weight is 385 g/mol. The second-order valence-corrected chi connectivity index (χ2v) is 11.4. The molecule has 2 aliphatic carbocycles. The van der Waals surface area contributed by atoms with Gasteiger partial charge in [0.05, 0.1) is 16.2 Å². The summed E-state index contributed by atoms with van der Waals surface area (Å²) in [5, 5.41) is 4.38. The van der Waals surface area contributed by atoms with Gasteiger partial charge in [0, 0.05) is 23.3 Å². The van der Waals surface area contributed by atoms with Crippen LogP contribution in [0, 0.1) is 5.92 Å². The number of hydrogen-bond donors (Lipinski definition) is 0. The van der Waals surface area contributed by atoms with Gasteiger partial charge >= 0.3 is 0 Å². The highest BCUT2D eigenvalue weighted by molar-refractivity contribution is 6.07. The number of pyridine rings is 1. The minimum Gasteiger partial charge on any atom is -0.188 e. The third-order valence-corrected chi connectivity index (χ3v) is 9.43. The zero-order chi connectivity index (χ0) is 20.6. The molecule has 2 heterocycles. The van der Waals surface area contributed by atoms with E-state index in [-0.39, 0.29) is 21.8 Å². The number of rotatable bonds is 2. The summed E-state index contributed by atoms with van der Waals surface area (Å²) in [7, 11) is 0. The highest BCUT2D eigenvalue weighted by atomic mass is 15.2. The van der Waals surface area contributed by atoms with Crippen molar-refractivity contribution in [2.45, 2.75) is 89.5 Å². The summed E-state index contributed by atoms with van der Waals surface area (Å²) in [5.74, 6) is 0.669. The molecule has 3 unspecified atom stereocenters. The molecular formula is C28H34N+. The van der Waals surface area contributed by atoms with Gasteiger partial charge in [0.1, 0.15) is 0 Å². The van der Waals surface area contributed by atoms with Gasteiger partial charge in [0.25, 0.3) is 0 Å². The van der Waals surface area contributed by atoms with Gasteiger partial charge in [0.2, 0.25) is 5.52 Å². The fourth-order valence-corrected chi connectivity index (χ4v) is 8.67. The van der Waals surface area contributed by atoms with Crippen molar-refractivity contribution in [1.82, 2.24) is 0 Å². The second-order valence-electron chi connectivity index (χ2n) is 11.4. The van der Waals surface area contributed by atoms with Crippen LogP contribution in [0.5, 0.6) is 0 Å². The van der Waals surface area contributed by atoms with E-state index in [9.17, 15) is 0 Å². The normalized spacial score (nSPS) is 32.6. The van der Waals surface area contributed by atoms with Crippen molar-refractivity contribution in [2.24, 2.45) is 5.92 Å². The van der Waals surface area contributed by atoms with Crippen LogP contribution >= 0.6 is 0 Å². The number of fused-ring (bicyclic) bond motifs is 5. The molecule has 150 valence electrons. The largest absolute Gasteiger partial charge is 0.221 e. The Kier molecular flexibility index (Phi) is 3.01. The van der Waals surface area contributed by atoms with Crippen LogP contribution in [0.2, 0.25) is 0 Å². The van der Waals surface area contributed by atoms with Crippen LogP contribution in [-0.4, -0.2) is 0 Å². The lowest BCUT2D eigenvalue weighted by Gasteiger charge is -2.31. The van der Waals surface area contributed by atoms with E-state index in [1.165, 1.54) is 40.9 Å². The molecule has 0 saturated heterocycles. The third-order valence-electron chi connectivity index (χ3n) is 9.43. The lowest BCUT2D eigenvalue weighted by atomic mass is 9.78. The number of aromatic nitrogens is 1. The molecule has 1 heteroatoms. The summed E-state index contributed by atoms with van der Waals surface area (Å²) >= 11 is 0. The first-order chi connectivity index (χ1) is 13.7. The highest BCUT2D eigenvalue weighted by Crippen LogP contribution is 2.72. The van der Waals surface area contributed by atoms with E-state index in [4.69, 9.17) is 0 Å². The van der Waals surface area contributed by atoms with Crippen molar-refractivity contribution >= 4 is 21.7 Å². The van der Waals surface area contributed by atoms with Crippen molar-refractivity contribution in [2.75, 3.05) is 0 Å². The molecule has 3 aromatic rings. The minimum absolute atomic E-state index is 0.200. The van der Waals surface area contributed by atoms with Gasteiger partial charge in [-0.3, -0.25) is 0 Å². The van der Waals surface area contributed by atoms with Gasteiger partial charge in [-0.05, 0) is 55.2 Å². The summed E-state index contributed by atoms with van der Waals surface area (Å²) in [6, 6.07) is 14.4. The topological polar surface area (TPSA) is 3.88 Å². The van der Waals surface area contributed by atoms with Gasteiger partial charge < -0.3 is 0 Å². The molecule has 2 aromatic carbocycles. The zero-order valence-electron chi connectivity index (χ0n) is 19.1. The Morgan fingerprint density at radius 1 is 0.897 bits per heavy atom.